The Hall–Kier alpha value is -0.434. The van der Waals surface area contributed by atoms with E-state index in [0.717, 1.165) is 0 Å². The summed E-state index contributed by atoms with van der Waals surface area (Å²) in [6, 6.07) is 8.00. The van der Waals surface area contributed by atoms with Crippen LogP contribution in [0, 0.1) is 6.92 Å². The molecule has 0 aliphatic rings. The fourth-order valence-corrected chi connectivity index (χ4v) is 2.41. The average molecular weight is 330 g/mol. The molecule has 1 aromatic carbocycles. The number of rotatable bonds is 3. The van der Waals surface area contributed by atoms with Crippen molar-refractivity contribution in [3.05, 3.63) is 56.8 Å². The first-order valence-electron chi connectivity index (χ1n) is 6.17. The minimum Gasteiger partial charge on any atom is -0.545 e. The molecule has 1 aromatic heterocycles. The SMILES string of the molecule is CCn1c(C)cc(=O)c(C(=O)[O-])c1-c1ccc(Cl)cc1.[K+]. The molecule has 0 radical (unpaired) electrons. The van der Waals surface area contributed by atoms with Crippen LogP contribution in [0.5, 0.6) is 0 Å². The van der Waals surface area contributed by atoms with Gasteiger partial charge in [-0.15, -0.1) is 0 Å². The zero-order valence-corrected chi connectivity index (χ0v) is 16.0. The summed E-state index contributed by atoms with van der Waals surface area (Å²) in [5.41, 5.74) is 0.815. The van der Waals surface area contributed by atoms with Crippen LogP contribution in [-0.2, 0) is 6.54 Å². The maximum Gasteiger partial charge on any atom is 1.00 e. The van der Waals surface area contributed by atoms with Crippen molar-refractivity contribution in [2.45, 2.75) is 20.4 Å². The molecule has 104 valence electrons. The monoisotopic (exact) mass is 329 g/mol. The molecule has 0 saturated carbocycles. The fourth-order valence-electron chi connectivity index (χ4n) is 2.28. The predicted molar refractivity (Wildman–Crippen MR) is 75.9 cm³/mol. The first-order chi connectivity index (χ1) is 9.45. The van der Waals surface area contributed by atoms with Crippen molar-refractivity contribution in [2.75, 3.05) is 0 Å². The van der Waals surface area contributed by atoms with E-state index in [9.17, 15) is 14.7 Å². The van der Waals surface area contributed by atoms with E-state index in [1.807, 2.05) is 6.92 Å². The first kappa shape index (κ1) is 18.6. The molecule has 0 fully saturated rings. The molecule has 0 amide bonds. The molecule has 0 atom stereocenters. The van der Waals surface area contributed by atoms with E-state index >= 15 is 0 Å². The third kappa shape index (κ3) is 3.86. The van der Waals surface area contributed by atoms with E-state index in [2.05, 4.69) is 0 Å². The van der Waals surface area contributed by atoms with Gasteiger partial charge in [0.25, 0.3) is 0 Å². The number of hydrogen-bond donors (Lipinski definition) is 0. The Morgan fingerprint density at radius 2 is 1.86 bits per heavy atom. The van der Waals surface area contributed by atoms with Crippen molar-refractivity contribution in [1.29, 1.82) is 0 Å². The Balaban J connectivity index is 0.00000220. The molecular weight excluding hydrogens is 317 g/mol. The van der Waals surface area contributed by atoms with Crippen LogP contribution in [0.15, 0.2) is 35.1 Å². The molecule has 0 spiro atoms. The molecule has 0 aliphatic heterocycles. The van der Waals surface area contributed by atoms with E-state index in [-0.39, 0.29) is 56.9 Å². The largest absolute Gasteiger partial charge is 1.00 e. The summed E-state index contributed by atoms with van der Waals surface area (Å²) >= 11 is 5.84. The Bertz CT molecular complexity index is 723. The number of carboxylic acids is 1. The second kappa shape index (κ2) is 7.72. The number of aromatic nitrogens is 1. The molecular formula is C15H13ClKNO3. The number of benzene rings is 1. The maximum absolute atomic E-state index is 12.0. The standard InChI is InChI=1S/C15H14ClNO3.K/c1-3-17-9(2)8-12(18)13(15(19)20)14(17)10-4-6-11(16)7-5-10;/h4-8H,3H2,1-2H3,(H,19,20);/q;+1/p-1. The molecule has 1 heterocycles. The minimum atomic E-state index is -1.47. The second-order valence-corrected chi connectivity index (χ2v) is 4.85. The Morgan fingerprint density at radius 3 is 2.33 bits per heavy atom. The first-order valence-corrected chi connectivity index (χ1v) is 6.55. The van der Waals surface area contributed by atoms with Crippen LogP contribution in [-0.4, -0.2) is 10.5 Å². The van der Waals surface area contributed by atoms with Crippen LogP contribution in [0.25, 0.3) is 11.3 Å². The number of aromatic carboxylic acids is 1. The topological polar surface area (TPSA) is 62.1 Å². The number of aryl methyl sites for hydroxylation is 1. The third-order valence-corrected chi connectivity index (χ3v) is 3.41. The summed E-state index contributed by atoms with van der Waals surface area (Å²) in [5.74, 6) is -1.47. The van der Waals surface area contributed by atoms with Crippen molar-refractivity contribution in [3.8, 4) is 11.3 Å². The van der Waals surface area contributed by atoms with Crippen molar-refractivity contribution in [1.82, 2.24) is 4.57 Å². The molecule has 2 rings (SSSR count). The van der Waals surface area contributed by atoms with Gasteiger partial charge in [0.1, 0.15) is 0 Å². The van der Waals surface area contributed by atoms with Gasteiger partial charge in [-0.05, 0) is 31.5 Å². The molecule has 21 heavy (non-hydrogen) atoms. The van der Waals surface area contributed by atoms with Gasteiger partial charge in [-0.1, -0.05) is 23.7 Å². The molecule has 6 heteroatoms. The van der Waals surface area contributed by atoms with E-state index in [1.54, 1.807) is 35.8 Å². The number of hydrogen-bond acceptors (Lipinski definition) is 3. The molecule has 0 N–H and O–H groups in total. The van der Waals surface area contributed by atoms with Crippen molar-refractivity contribution in [2.24, 2.45) is 0 Å². The van der Waals surface area contributed by atoms with Gasteiger partial charge in [0.05, 0.1) is 17.2 Å². The zero-order valence-electron chi connectivity index (χ0n) is 12.1. The van der Waals surface area contributed by atoms with Crippen molar-refractivity contribution < 1.29 is 61.3 Å². The normalized spacial score (nSPS) is 10.0. The van der Waals surface area contributed by atoms with Gasteiger partial charge < -0.3 is 14.5 Å². The quantitative estimate of drug-likeness (QED) is 0.669. The molecule has 4 nitrogen and oxygen atoms in total. The van der Waals surface area contributed by atoms with Crippen LogP contribution in [0.4, 0.5) is 0 Å². The van der Waals surface area contributed by atoms with Crippen LogP contribution in [0.3, 0.4) is 0 Å². The van der Waals surface area contributed by atoms with Gasteiger partial charge >= 0.3 is 51.4 Å². The van der Waals surface area contributed by atoms with E-state index < -0.39 is 11.4 Å². The van der Waals surface area contributed by atoms with Crippen molar-refractivity contribution >= 4 is 17.6 Å². The van der Waals surface area contributed by atoms with Gasteiger partial charge in [0.2, 0.25) is 0 Å². The predicted octanol–water partition coefficient (Wildman–Crippen LogP) is -1.14. The van der Waals surface area contributed by atoms with E-state index in [0.29, 0.717) is 28.5 Å². The van der Waals surface area contributed by atoms with Crippen LogP contribution >= 0.6 is 11.6 Å². The summed E-state index contributed by atoms with van der Waals surface area (Å²) in [6.07, 6.45) is 0. The molecule has 0 saturated heterocycles. The molecule has 0 unspecified atom stereocenters. The summed E-state index contributed by atoms with van der Waals surface area (Å²) < 4.78 is 1.77. The summed E-state index contributed by atoms with van der Waals surface area (Å²) in [4.78, 5) is 23.3. The zero-order chi connectivity index (χ0) is 14.9. The van der Waals surface area contributed by atoms with E-state index in [4.69, 9.17) is 11.6 Å². The smallest absolute Gasteiger partial charge is 0.545 e. The maximum atomic E-state index is 12.0. The van der Waals surface area contributed by atoms with Gasteiger partial charge in [-0.25, -0.2) is 0 Å². The Morgan fingerprint density at radius 1 is 1.29 bits per heavy atom. The van der Waals surface area contributed by atoms with Gasteiger partial charge in [-0.3, -0.25) is 4.79 Å². The summed E-state index contributed by atoms with van der Waals surface area (Å²) in [7, 11) is 0. The minimum absolute atomic E-state index is 0. The van der Waals surface area contributed by atoms with Crippen molar-refractivity contribution in [3.63, 3.8) is 0 Å². The number of carbonyl (C=O) groups excluding carboxylic acids is 1. The fraction of sp³-hybridized carbons (Fsp3) is 0.200. The molecule has 2 aromatic rings. The van der Waals surface area contributed by atoms with Crippen LogP contribution in [0.1, 0.15) is 23.0 Å². The van der Waals surface area contributed by atoms with Crippen LogP contribution in [0.2, 0.25) is 5.02 Å². The van der Waals surface area contributed by atoms with Crippen LogP contribution < -0.4 is 61.9 Å². The Kier molecular flexibility index (Phi) is 6.84. The number of carboxylic acid groups (broad SMARTS) is 1. The second-order valence-electron chi connectivity index (χ2n) is 4.41. The summed E-state index contributed by atoms with van der Waals surface area (Å²) in [6.45, 7) is 4.20. The summed E-state index contributed by atoms with van der Waals surface area (Å²) in [5, 5.41) is 11.9. The number of halogens is 1. The average Bonchev–Trinajstić information content (AvgIpc) is 2.38. The van der Waals surface area contributed by atoms with E-state index in [1.165, 1.54) is 6.07 Å². The number of pyridine rings is 1. The molecule has 0 aliphatic carbocycles. The number of nitrogens with zero attached hydrogens (tertiary/aromatic N) is 1. The van der Waals surface area contributed by atoms with Gasteiger partial charge in [-0.2, -0.15) is 0 Å². The Labute approximate surface area is 170 Å². The number of carbonyl (C=O) groups is 1. The molecule has 0 bridgehead atoms. The van der Waals surface area contributed by atoms with Gasteiger partial charge in [0.15, 0.2) is 5.43 Å². The van der Waals surface area contributed by atoms with Gasteiger partial charge in [0, 0.05) is 23.3 Å². The third-order valence-electron chi connectivity index (χ3n) is 3.16.